The van der Waals surface area contributed by atoms with Gasteiger partial charge in [-0.3, -0.25) is 0 Å². The zero-order valence-corrected chi connectivity index (χ0v) is 15.7. The quantitative estimate of drug-likeness (QED) is 0.903. The van der Waals surface area contributed by atoms with E-state index in [0.29, 0.717) is 19.7 Å². The van der Waals surface area contributed by atoms with Crippen LogP contribution >= 0.6 is 0 Å². The predicted molar refractivity (Wildman–Crippen MR) is 103 cm³/mol. The summed E-state index contributed by atoms with van der Waals surface area (Å²) in [4.78, 5) is 14.3. The summed E-state index contributed by atoms with van der Waals surface area (Å²) in [6.07, 6.45) is -0.735. The van der Waals surface area contributed by atoms with Crippen LogP contribution in [-0.4, -0.2) is 54.1 Å². The zero-order chi connectivity index (χ0) is 19.0. The molecule has 1 heterocycles. The van der Waals surface area contributed by atoms with Crippen molar-refractivity contribution in [2.45, 2.75) is 31.5 Å². The van der Waals surface area contributed by atoms with Crippen LogP contribution in [0.15, 0.2) is 48.5 Å². The number of ether oxygens (including phenoxy) is 2. The highest BCUT2D eigenvalue weighted by molar-refractivity contribution is 5.79. The van der Waals surface area contributed by atoms with Crippen LogP contribution in [0.4, 0.5) is 4.79 Å². The molecule has 5 heteroatoms. The number of hydrogen-bond acceptors (Lipinski definition) is 4. The maximum absolute atomic E-state index is 12.7. The second-order valence-corrected chi connectivity index (χ2v) is 7.87. The van der Waals surface area contributed by atoms with Gasteiger partial charge in [0, 0.05) is 5.92 Å². The number of carbonyl (C=O) groups is 1. The summed E-state index contributed by atoms with van der Waals surface area (Å²) in [6, 6.07) is 16.6. The van der Waals surface area contributed by atoms with Crippen molar-refractivity contribution in [2.24, 2.45) is 0 Å². The summed E-state index contributed by atoms with van der Waals surface area (Å²) in [7, 11) is 0. The van der Waals surface area contributed by atoms with Gasteiger partial charge < -0.3 is 19.5 Å². The molecule has 0 radical (unpaired) electrons. The fourth-order valence-electron chi connectivity index (χ4n) is 4.22. The van der Waals surface area contributed by atoms with E-state index >= 15 is 0 Å². The fraction of sp³-hybridized carbons (Fsp3) is 0.409. The molecule has 2 aromatic rings. The first-order valence-electron chi connectivity index (χ1n) is 9.37. The van der Waals surface area contributed by atoms with E-state index in [2.05, 4.69) is 24.3 Å². The van der Waals surface area contributed by atoms with E-state index in [1.165, 1.54) is 22.3 Å². The Balaban J connectivity index is 1.50. The Labute approximate surface area is 159 Å². The van der Waals surface area contributed by atoms with Crippen LogP contribution in [0.5, 0.6) is 0 Å². The first-order chi connectivity index (χ1) is 13.0. The Hall–Kier alpha value is -2.37. The molecule has 0 aromatic heterocycles. The molecule has 142 valence electrons. The van der Waals surface area contributed by atoms with Crippen molar-refractivity contribution >= 4 is 6.09 Å². The molecule has 0 bridgehead atoms. The third-order valence-corrected chi connectivity index (χ3v) is 5.28. The van der Waals surface area contributed by atoms with E-state index in [1.54, 1.807) is 4.90 Å². The molecule has 2 aliphatic rings. The van der Waals surface area contributed by atoms with E-state index in [1.807, 2.05) is 38.1 Å². The van der Waals surface area contributed by atoms with Gasteiger partial charge in [0.05, 0.1) is 31.4 Å². The molecule has 4 rings (SSSR count). The number of fused-ring (bicyclic) bond motifs is 3. The van der Waals surface area contributed by atoms with Gasteiger partial charge >= 0.3 is 6.09 Å². The molecule has 0 spiro atoms. The van der Waals surface area contributed by atoms with Crippen molar-refractivity contribution in [3.8, 4) is 11.1 Å². The minimum absolute atomic E-state index is 0.0454. The summed E-state index contributed by atoms with van der Waals surface area (Å²) >= 11 is 0. The molecule has 1 atom stereocenters. The molecule has 0 saturated carbocycles. The van der Waals surface area contributed by atoms with Crippen molar-refractivity contribution in [2.75, 3.05) is 26.3 Å². The minimum Gasteiger partial charge on any atom is -0.448 e. The smallest absolute Gasteiger partial charge is 0.409 e. The van der Waals surface area contributed by atoms with Crippen LogP contribution in [0.3, 0.4) is 0 Å². The molecule has 0 unspecified atom stereocenters. The molecule has 1 amide bonds. The van der Waals surface area contributed by atoms with Crippen LogP contribution < -0.4 is 0 Å². The van der Waals surface area contributed by atoms with Gasteiger partial charge in [0.15, 0.2) is 0 Å². The van der Waals surface area contributed by atoms with Crippen LogP contribution in [0.1, 0.15) is 30.9 Å². The lowest BCUT2D eigenvalue weighted by atomic mass is 9.98. The van der Waals surface area contributed by atoms with Crippen molar-refractivity contribution in [1.82, 2.24) is 4.90 Å². The van der Waals surface area contributed by atoms with Gasteiger partial charge in [-0.15, -0.1) is 0 Å². The molecule has 1 fully saturated rings. The lowest BCUT2D eigenvalue weighted by molar-refractivity contribution is -0.143. The van der Waals surface area contributed by atoms with Crippen LogP contribution in [-0.2, 0) is 9.47 Å². The molecule has 1 aliphatic heterocycles. The van der Waals surface area contributed by atoms with Gasteiger partial charge in [0.25, 0.3) is 0 Å². The molecule has 5 nitrogen and oxygen atoms in total. The van der Waals surface area contributed by atoms with Gasteiger partial charge in [0.2, 0.25) is 0 Å². The SMILES string of the molecule is CC1(C)CN(C(=O)OCC2c3ccccc3-c3ccccc32)C[C@H](CO)O1. The normalized spacial score (nSPS) is 20.9. The monoisotopic (exact) mass is 367 g/mol. The lowest BCUT2D eigenvalue weighted by Gasteiger charge is -2.41. The number of morpholine rings is 1. The standard InChI is InChI=1S/C22H25NO4/c1-22(2)14-23(11-15(12-24)27-22)21(25)26-13-20-18-9-5-3-7-16(18)17-8-4-6-10-19(17)20/h3-10,15,20,24H,11-14H2,1-2H3/t15-/m1/s1. The van der Waals surface area contributed by atoms with Crippen LogP contribution in [0.2, 0.25) is 0 Å². The second kappa shape index (κ2) is 6.98. The van der Waals surface area contributed by atoms with Gasteiger partial charge in [0.1, 0.15) is 6.61 Å². The van der Waals surface area contributed by atoms with Gasteiger partial charge in [-0.25, -0.2) is 4.79 Å². The van der Waals surface area contributed by atoms with E-state index < -0.39 is 5.60 Å². The van der Waals surface area contributed by atoms with Crippen LogP contribution in [0.25, 0.3) is 11.1 Å². The number of carbonyl (C=O) groups excluding carboxylic acids is 1. The average Bonchev–Trinajstić information content (AvgIpc) is 2.98. The number of nitrogens with zero attached hydrogens (tertiary/aromatic N) is 1. The minimum atomic E-state index is -0.503. The summed E-state index contributed by atoms with van der Waals surface area (Å²) in [6.45, 7) is 4.80. The molecule has 1 saturated heterocycles. The number of aliphatic hydroxyl groups is 1. The van der Waals surface area contributed by atoms with Crippen molar-refractivity contribution in [3.63, 3.8) is 0 Å². The topological polar surface area (TPSA) is 59.0 Å². The Morgan fingerprint density at radius 3 is 2.33 bits per heavy atom. The van der Waals surface area contributed by atoms with E-state index in [0.717, 1.165) is 0 Å². The Bertz CT molecular complexity index is 802. The zero-order valence-electron chi connectivity index (χ0n) is 15.7. The molecule has 2 aromatic carbocycles. The maximum atomic E-state index is 12.7. The highest BCUT2D eigenvalue weighted by Crippen LogP contribution is 2.44. The Morgan fingerprint density at radius 1 is 1.15 bits per heavy atom. The third kappa shape index (κ3) is 3.45. The van der Waals surface area contributed by atoms with Gasteiger partial charge in [-0.2, -0.15) is 0 Å². The van der Waals surface area contributed by atoms with E-state index in [-0.39, 0.29) is 24.7 Å². The highest BCUT2D eigenvalue weighted by Gasteiger charge is 2.37. The fourth-order valence-corrected chi connectivity index (χ4v) is 4.22. The molecule has 27 heavy (non-hydrogen) atoms. The first kappa shape index (κ1) is 18.0. The van der Waals surface area contributed by atoms with Crippen molar-refractivity contribution < 1.29 is 19.4 Å². The maximum Gasteiger partial charge on any atom is 0.409 e. The Morgan fingerprint density at radius 2 is 1.74 bits per heavy atom. The highest BCUT2D eigenvalue weighted by atomic mass is 16.6. The predicted octanol–water partition coefficient (Wildman–Crippen LogP) is 3.41. The molecular weight excluding hydrogens is 342 g/mol. The van der Waals surface area contributed by atoms with Gasteiger partial charge in [-0.1, -0.05) is 48.5 Å². The third-order valence-electron chi connectivity index (χ3n) is 5.28. The lowest BCUT2D eigenvalue weighted by Crippen LogP contribution is -2.55. The average molecular weight is 367 g/mol. The van der Waals surface area contributed by atoms with Crippen molar-refractivity contribution in [3.05, 3.63) is 59.7 Å². The number of amides is 1. The number of hydrogen-bond donors (Lipinski definition) is 1. The van der Waals surface area contributed by atoms with Crippen molar-refractivity contribution in [1.29, 1.82) is 0 Å². The van der Waals surface area contributed by atoms with Crippen LogP contribution in [0, 0.1) is 0 Å². The summed E-state index contributed by atoms with van der Waals surface area (Å²) in [5, 5.41) is 9.44. The molecule has 1 aliphatic carbocycles. The first-order valence-corrected chi connectivity index (χ1v) is 9.37. The second-order valence-electron chi connectivity index (χ2n) is 7.87. The number of aliphatic hydroxyl groups excluding tert-OH is 1. The van der Waals surface area contributed by atoms with E-state index in [4.69, 9.17) is 9.47 Å². The van der Waals surface area contributed by atoms with Gasteiger partial charge in [-0.05, 0) is 36.1 Å². The summed E-state index contributed by atoms with van der Waals surface area (Å²) in [5.41, 5.74) is 4.31. The summed E-state index contributed by atoms with van der Waals surface area (Å²) < 4.78 is 11.5. The summed E-state index contributed by atoms with van der Waals surface area (Å²) in [5.74, 6) is 0.0454. The molecular formula is C22H25NO4. The Kier molecular flexibility index (Phi) is 4.66. The largest absolute Gasteiger partial charge is 0.448 e. The number of benzene rings is 2. The molecule has 1 N–H and O–H groups in total. The number of rotatable bonds is 3. The van der Waals surface area contributed by atoms with E-state index in [9.17, 15) is 9.90 Å².